The maximum absolute atomic E-state index is 12.6. The number of rotatable bonds is 7. The smallest absolute Gasteiger partial charge is 0.254 e. The topological polar surface area (TPSA) is 109 Å². The molecule has 3 aromatic rings. The third-order valence-corrected chi connectivity index (χ3v) is 6.01. The lowest BCUT2D eigenvalue weighted by Gasteiger charge is -2.26. The Balaban J connectivity index is 1.24. The number of amides is 1. The molecule has 33 heavy (non-hydrogen) atoms. The van der Waals surface area contributed by atoms with Crippen molar-refractivity contribution >= 4 is 17.5 Å². The first-order valence-corrected chi connectivity index (χ1v) is 11.2. The van der Waals surface area contributed by atoms with Gasteiger partial charge in [-0.3, -0.25) is 9.48 Å². The zero-order chi connectivity index (χ0) is 22.6. The predicted molar refractivity (Wildman–Crippen MR) is 122 cm³/mol. The molecule has 2 aliphatic rings. The van der Waals surface area contributed by atoms with Crippen molar-refractivity contribution in [2.45, 2.75) is 19.4 Å². The summed E-state index contributed by atoms with van der Waals surface area (Å²) in [4.78, 5) is 23.3. The van der Waals surface area contributed by atoms with Crippen molar-refractivity contribution in [3.63, 3.8) is 0 Å². The Labute approximate surface area is 192 Å². The Bertz CT molecular complexity index is 1160. The van der Waals surface area contributed by atoms with Gasteiger partial charge in [-0.2, -0.15) is 10.4 Å². The molecule has 0 spiro atoms. The van der Waals surface area contributed by atoms with Crippen molar-refractivity contribution < 1.29 is 9.53 Å². The summed E-state index contributed by atoms with van der Waals surface area (Å²) in [6.45, 7) is 3.00. The lowest BCUT2D eigenvalue weighted by atomic mass is 10.1. The average Bonchev–Trinajstić information content (AvgIpc) is 3.60. The van der Waals surface area contributed by atoms with E-state index in [1.54, 1.807) is 24.5 Å². The standard InChI is InChI=1S/C24H25N7O2/c25-13-19(17-1-2-17)15-31-16-20(14-27-31)22-7-8-26-24(29-22)28-21-5-3-18(4-6-21)23(32)30-9-11-33-12-10-30/h3-8,14,16-17,19H,1-2,9-12,15H2,(H,26,28,29). The highest BCUT2D eigenvalue weighted by Gasteiger charge is 2.31. The van der Waals surface area contributed by atoms with Gasteiger partial charge < -0.3 is 15.0 Å². The summed E-state index contributed by atoms with van der Waals surface area (Å²) in [7, 11) is 0. The first kappa shape index (κ1) is 21.1. The van der Waals surface area contributed by atoms with Crippen LogP contribution in [-0.2, 0) is 11.3 Å². The summed E-state index contributed by atoms with van der Waals surface area (Å²) in [6.07, 6.45) is 7.65. The van der Waals surface area contributed by atoms with Gasteiger partial charge in [0, 0.05) is 42.3 Å². The number of hydrogen-bond acceptors (Lipinski definition) is 7. The molecule has 168 valence electrons. The van der Waals surface area contributed by atoms with Gasteiger partial charge >= 0.3 is 0 Å². The van der Waals surface area contributed by atoms with Crippen LogP contribution < -0.4 is 5.32 Å². The highest BCUT2D eigenvalue weighted by molar-refractivity contribution is 5.94. The number of benzene rings is 1. The highest BCUT2D eigenvalue weighted by Crippen LogP contribution is 2.37. The number of hydrogen-bond donors (Lipinski definition) is 1. The van der Waals surface area contributed by atoms with Crippen molar-refractivity contribution in [2.75, 3.05) is 31.6 Å². The van der Waals surface area contributed by atoms with E-state index >= 15 is 0 Å². The van der Waals surface area contributed by atoms with Crippen LogP contribution in [0.5, 0.6) is 0 Å². The molecule has 1 atom stereocenters. The zero-order valence-corrected chi connectivity index (χ0v) is 18.2. The largest absolute Gasteiger partial charge is 0.378 e. The Morgan fingerprint density at radius 3 is 2.73 bits per heavy atom. The molecule has 1 aromatic carbocycles. The molecule has 0 radical (unpaired) electrons. The van der Waals surface area contributed by atoms with Crippen LogP contribution in [0.3, 0.4) is 0 Å². The molecule has 2 fully saturated rings. The van der Waals surface area contributed by atoms with E-state index in [0.717, 1.165) is 29.8 Å². The Hall–Kier alpha value is -3.77. The quantitative estimate of drug-likeness (QED) is 0.598. The summed E-state index contributed by atoms with van der Waals surface area (Å²) in [5, 5.41) is 17.0. The lowest BCUT2D eigenvalue weighted by Crippen LogP contribution is -2.40. The Kier molecular flexibility index (Phi) is 6.00. The number of anilines is 2. The molecule has 3 heterocycles. The van der Waals surface area contributed by atoms with Crippen molar-refractivity contribution in [3.05, 3.63) is 54.5 Å². The number of nitriles is 1. The van der Waals surface area contributed by atoms with Crippen LogP contribution >= 0.6 is 0 Å². The second-order valence-electron chi connectivity index (χ2n) is 8.40. The normalized spacial score (nSPS) is 16.8. The van der Waals surface area contributed by atoms with E-state index < -0.39 is 0 Å². The zero-order valence-electron chi connectivity index (χ0n) is 18.2. The van der Waals surface area contributed by atoms with Gasteiger partial charge in [0.1, 0.15) is 0 Å². The van der Waals surface area contributed by atoms with Gasteiger partial charge in [0.25, 0.3) is 5.91 Å². The number of morpholine rings is 1. The van der Waals surface area contributed by atoms with E-state index in [1.165, 1.54) is 0 Å². The molecule has 1 saturated heterocycles. The van der Waals surface area contributed by atoms with Gasteiger partial charge in [0.05, 0.1) is 43.6 Å². The minimum atomic E-state index is 0.0125. The maximum Gasteiger partial charge on any atom is 0.254 e. The molecule has 9 heteroatoms. The van der Waals surface area contributed by atoms with Crippen molar-refractivity contribution in [1.82, 2.24) is 24.6 Å². The lowest BCUT2D eigenvalue weighted by molar-refractivity contribution is 0.0303. The molecule has 2 aromatic heterocycles. The molecule has 1 aliphatic heterocycles. The minimum absolute atomic E-state index is 0.0125. The third-order valence-electron chi connectivity index (χ3n) is 6.01. The monoisotopic (exact) mass is 443 g/mol. The summed E-state index contributed by atoms with van der Waals surface area (Å²) in [6, 6.07) is 11.5. The van der Waals surface area contributed by atoms with Crippen molar-refractivity contribution in [2.24, 2.45) is 11.8 Å². The second-order valence-corrected chi connectivity index (χ2v) is 8.40. The fourth-order valence-corrected chi connectivity index (χ4v) is 3.95. The summed E-state index contributed by atoms with van der Waals surface area (Å²) >= 11 is 0. The van der Waals surface area contributed by atoms with Crippen LogP contribution in [0.4, 0.5) is 11.6 Å². The van der Waals surface area contributed by atoms with E-state index in [4.69, 9.17) is 4.74 Å². The van der Waals surface area contributed by atoms with Gasteiger partial charge in [-0.15, -0.1) is 0 Å². The van der Waals surface area contributed by atoms with E-state index in [2.05, 4.69) is 26.5 Å². The molecule has 0 bridgehead atoms. The number of nitrogens with zero attached hydrogens (tertiary/aromatic N) is 6. The molecule has 1 aliphatic carbocycles. The molecule has 1 unspecified atom stereocenters. The molecule has 1 N–H and O–H groups in total. The van der Waals surface area contributed by atoms with Gasteiger partial charge in [-0.05, 0) is 49.1 Å². The number of ether oxygens (including phenoxy) is 1. The van der Waals surface area contributed by atoms with Gasteiger partial charge in [-0.25, -0.2) is 9.97 Å². The van der Waals surface area contributed by atoms with E-state index in [0.29, 0.717) is 50.3 Å². The molecule has 1 amide bonds. The molecule has 1 saturated carbocycles. The first-order chi connectivity index (χ1) is 16.2. The Morgan fingerprint density at radius 2 is 2.00 bits per heavy atom. The van der Waals surface area contributed by atoms with Gasteiger partial charge in [-0.1, -0.05) is 0 Å². The van der Waals surface area contributed by atoms with Crippen molar-refractivity contribution in [1.29, 1.82) is 5.26 Å². The SMILES string of the molecule is N#CC(Cn1cc(-c2ccnc(Nc3ccc(C(=O)N4CCOCC4)cc3)n2)cn1)C1CC1. The third kappa shape index (κ3) is 5.02. The predicted octanol–water partition coefficient (Wildman–Crippen LogP) is 3.11. The van der Waals surface area contributed by atoms with Crippen LogP contribution in [0.2, 0.25) is 0 Å². The fourth-order valence-electron chi connectivity index (χ4n) is 3.95. The van der Waals surface area contributed by atoms with E-state index in [-0.39, 0.29) is 11.8 Å². The van der Waals surface area contributed by atoms with E-state index in [1.807, 2.05) is 34.0 Å². The molecular formula is C24H25N7O2. The molecule has 5 rings (SSSR count). The highest BCUT2D eigenvalue weighted by atomic mass is 16.5. The van der Waals surface area contributed by atoms with Gasteiger partial charge in [0.2, 0.25) is 5.95 Å². The van der Waals surface area contributed by atoms with Crippen molar-refractivity contribution in [3.8, 4) is 17.3 Å². The second kappa shape index (κ2) is 9.38. The number of carbonyl (C=O) groups is 1. The average molecular weight is 444 g/mol. The number of aromatic nitrogens is 4. The minimum Gasteiger partial charge on any atom is -0.378 e. The summed E-state index contributed by atoms with van der Waals surface area (Å²) in [5.74, 6) is 0.993. The first-order valence-electron chi connectivity index (χ1n) is 11.2. The number of nitrogens with one attached hydrogen (secondary N) is 1. The maximum atomic E-state index is 12.6. The van der Waals surface area contributed by atoms with Crippen LogP contribution in [0, 0.1) is 23.2 Å². The van der Waals surface area contributed by atoms with E-state index in [9.17, 15) is 10.1 Å². The number of carbonyl (C=O) groups excluding carboxylic acids is 1. The fraction of sp³-hybridized carbons (Fsp3) is 0.375. The van der Waals surface area contributed by atoms with Gasteiger partial charge in [0.15, 0.2) is 0 Å². The van der Waals surface area contributed by atoms with Crippen LogP contribution in [0.1, 0.15) is 23.2 Å². The Morgan fingerprint density at radius 1 is 1.21 bits per heavy atom. The molecule has 9 nitrogen and oxygen atoms in total. The summed E-state index contributed by atoms with van der Waals surface area (Å²) < 4.78 is 7.13. The molecular weight excluding hydrogens is 418 g/mol. The van der Waals surface area contributed by atoms with Crippen LogP contribution in [0.15, 0.2) is 48.9 Å². The summed E-state index contributed by atoms with van der Waals surface area (Å²) in [5.41, 5.74) is 3.06. The van der Waals surface area contributed by atoms with Crippen LogP contribution in [0.25, 0.3) is 11.3 Å². The van der Waals surface area contributed by atoms with Crippen LogP contribution in [-0.4, -0.2) is 56.9 Å².